The number of fused-ring (bicyclic) bond motifs is 6. The molecule has 226 valence electrons. The number of para-hydroxylation sites is 1. The molecule has 0 unspecified atom stereocenters. The molecular weight excluding hydrogens is 588 g/mol. The molecular formula is C36H30N2O6S. The van der Waals surface area contributed by atoms with E-state index in [1.54, 1.807) is 43.5 Å². The van der Waals surface area contributed by atoms with E-state index in [4.69, 9.17) is 14.2 Å². The monoisotopic (exact) mass is 618 g/mol. The van der Waals surface area contributed by atoms with Crippen LogP contribution in [0.5, 0.6) is 11.5 Å². The average molecular weight is 619 g/mol. The zero-order valence-corrected chi connectivity index (χ0v) is 26.2. The maximum Gasteiger partial charge on any atom is 0.338 e. The highest BCUT2D eigenvalue weighted by molar-refractivity contribution is 7.90. The van der Waals surface area contributed by atoms with Crippen LogP contribution >= 0.6 is 0 Å². The Labute approximate surface area is 260 Å². The van der Waals surface area contributed by atoms with Gasteiger partial charge >= 0.3 is 5.97 Å². The molecule has 0 bridgehead atoms. The molecule has 7 rings (SSSR count). The molecule has 0 aliphatic rings. The second kappa shape index (κ2) is 10.4. The highest BCUT2D eigenvalue weighted by Gasteiger charge is 2.28. The lowest BCUT2D eigenvalue weighted by molar-refractivity contribution is 0.0600. The van der Waals surface area contributed by atoms with Crippen LogP contribution in [0.1, 0.15) is 21.5 Å². The number of hydrogen-bond acceptors (Lipinski definition) is 6. The SMILES string of the molecule is COC(=O)c1cc(OC)c2c(c1)c1cc(-n3c4ccccc4c4cc(C)cc(OC)c43)ccc1n2S(=O)(=O)c1ccc(C)cc1. The van der Waals surface area contributed by atoms with Crippen molar-refractivity contribution in [2.75, 3.05) is 21.3 Å². The molecule has 8 nitrogen and oxygen atoms in total. The van der Waals surface area contributed by atoms with E-state index in [9.17, 15) is 13.2 Å². The Bertz CT molecular complexity index is 2440. The van der Waals surface area contributed by atoms with Crippen molar-refractivity contribution in [1.82, 2.24) is 8.54 Å². The minimum Gasteiger partial charge on any atom is -0.495 e. The van der Waals surface area contributed by atoms with Gasteiger partial charge in [0.25, 0.3) is 10.0 Å². The molecule has 0 aliphatic heterocycles. The number of methoxy groups -OCH3 is 3. The summed E-state index contributed by atoms with van der Waals surface area (Å²) in [4.78, 5) is 12.9. The van der Waals surface area contributed by atoms with Crippen molar-refractivity contribution < 1.29 is 27.4 Å². The molecule has 0 aliphatic carbocycles. The van der Waals surface area contributed by atoms with Gasteiger partial charge in [-0.2, -0.15) is 0 Å². The number of aryl methyl sites for hydroxylation is 2. The topological polar surface area (TPSA) is 88.8 Å². The number of carbonyl (C=O) groups excluding carboxylic acids is 1. The van der Waals surface area contributed by atoms with E-state index in [1.807, 2.05) is 44.2 Å². The summed E-state index contributed by atoms with van der Waals surface area (Å²) in [7, 11) is 0.319. The summed E-state index contributed by atoms with van der Waals surface area (Å²) in [6.07, 6.45) is 0. The Kier molecular flexibility index (Phi) is 6.60. The van der Waals surface area contributed by atoms with Crippen molar-refractivity contribution in [2.24, 2.45) is 0 Å². The lowest BCUT2D eigenvalue weighted by atomic mass is 10.1. The summed E-state index contributed by atoms with van der Waals surface area (Å²) < 4.78 is 48.8. The first-order chi connectivity index (χ1) is 21.7. The predicted molar refractivity (Wildman–Crippen MR) is 177 cm³/mol. The van der Waals surface area contributed by atoms with Crippen molar-refractivity contribution in [3.8, 4) is 17.2 Å². The third-order valence-corrected chi connectivity index (χ3v) is 10.1. The lowest BCUT2D eigenvalue weighted by Gasteiger charge is -2.13. The van der Waals surface area contributed by atoms with Crippen LogP contribution in [0.15, 0.2) is 95.9 Å². The van der Waals surface area contributed by atoms with Crippen LogP contribution in [-0.2, 0) is 14.8 Å². The fourth-order valence-electron chi connectivity index (χ4n) is 6.28. The number of rotatable bonds is 6. The summed E-state index contributed by atoms with van der Waals surface area (Å²) in [5.41, 5.74) is 5.69. The van der Waals surface area contributed by atoms with Gasteiger partial charge in [0.05, 0.1) is 48.3 Å². The van der Waals surface area contributed by atoms with Crippen molar-refractivity contribution in [1.29, 1.82) is 0 Å². The number of benzene rings is 5. The quantitative estimate of drug-likeness (QED) is 0.179. The molecule has 7 aromatic rings. The van der Waals surface area contributed by atoms with Gasteiger partial charge in [0, 0.05) is 27.2 Å². The summed E-state index contributed by atoms with van der Waals surface area (Å²) in [5, 5.41) is 3.26. The minimum absolute atomic E-state index is 0.137. The minimum atomic E-state index is -4.09. The Hall–Kier alpha value is -5.28. The van der Waals surface area contributed by atoms with Crippen LogP contribution in [0, 0.1) is 13.8 Å². The van der Waals surface area contributed by atoms with Crippen LogP contribution in [0.25, 0.3) is 49.3 Å². The number of nitrogens with zero attached hydrogens (tertiary/aromatic N) is 2. The lowest BCUT2D eigenvalue weighted by Crippen LogP contribution is -2.13. The number of esters is 1. The van der Waals surface area contributed by atoms with Gasteiger partial charge in [-0.1, -0.05) is 35.9 Å². The second-order valence-electron chi connectivity index (χ2n) is 11.1. The van der Waals surface area contributed by atoms with Crippen LogP contribution in [0.4, 0.5) is 0 Å². The zero-order chi connectivity index (χ0) is 31.6. The Balaban J connectivity index is 1.63. The van der Waals surface area contributed by atoms with Crippen molar-refractivity contribution >= 4 is 59.6 Å². The van der Waals surface area contributed by atoms with E-state index in [2.05, 4.69) is 22.8 Å². The average Bonchev–Trinajstić information content (AvgIpc) is 3.56. The first-order valence-corrected chi connectivity index (χ1v) is 15.8. The third-order valence-electron chi connectivity index (χ3n) is 8.32. The zero-order valence-electron chi connectivity index (χ0n) is 25.4. The molecule has 0 radical (unpaired) electrons. The van der Waals surface area contributed by atoms with Gasteiger partial charge in [0.2, 0.25) is 0 Å². The molecule has 0 saturated heterocycles. The largest absolute Gasteiger partial charge is 0.495 e. The van der Waals surface area contributed by atoms with Crippen molar-refractivity contribution in [3.63, 3.8) is 0 Å². The van der Waals surface area contributed by atoms with E-state index in [1.165, 1.54) is 24.3 Å². The van der Waals surface area contributed by atoms with Gasteiger partial charge in [0.15, 0.2) is 0 Å². The molecule has 2 heterocycles. The van der Waals surface area contributed by atoms with Gasteiger partial charge < -0.3 is 18.8 Å². The molecule has 0 N–H and O–H groups in total. The standard InChI is InChI=1S/C36H30N2O6S/c1-21-10-13-25(14-11-21)45(40,41)38-31-15-12-24(20-27(31)29-18-23(36(39)44-5)19-33(43-4)35(29)38)37-30-9-7-6-8-26(30)28-16-22(2)17-32(42-3)34(28)37/h6-20H,1-5H3. The van der Waals surface area contributed by atoms with Crippen LogP contribution in [0.3, 0.4) is 0 Å². The third kappa shape index (κ3) is 4.26. The number of aromatic nitrogens is 2. The summed E-state index contributed by atoms with van der Waals surface area (Å²) in [6.45, 7) is 3.94. The van der Waals surface area contributed by atoms with Crippen LogP contribution in [-0.4, -0.2) is 44.3 Å². The molecule has 45 heavy (non-hydrogen) atoms. The summed E-state index contributed by atoms with van der Waals surface area (Å²) in [5.74, 6) is 0.395. The number of carbonyl (C=O) groups is 1. The highest BCUT2D eigenvalue weighted by atomic mass is 32.2. The second-order valence-corrected chi connectivity index (χ2v) is 12.9. The number of ether oxygens (including phenoxy) is 3. The predicted octanol–water partition coefficient (Wildman–Crippen LogP) is 7.55. The number of hydrogen-bond donors (Lipinski definition) is 0. The van der Waals surface area contributed by atoms with Crippen molar-refractivity contribution in [2.45, 2.75) is 18.7 Å². The molecule has 0 spiro atoms. The van der Waals surface area contributed by atoms with E-state index in [0.717, 1.165) is 44.4 Å². The summed E-state index contributed by atoms with van der Waals surface area (Å²) in [6, 6.07) is 27.8. The highest BCUT2D eigenvalue weighted by Crippen LogP contribution is 2.42. The van der Waals surface area contributed by atoms with Gasteiger partial charge in [-0.3, -0.25) is 0 Å². The van der Waals surface area contributed by atoms with Gasteiger partial charge in [0.1, 0.15) is 17.0 Å². The Morgan fingerprint density at radius 3 is 2.04 bits per heavy atom. The first kappa shape index (κ1) is 28.5. The maximum absolute atomic E-state index is 14.3. The van der Waals surface area contributed by atoms with E-state index in [-0.39, 0.29) is 16.2 Å². The fourth-order valence-corrected chi connectivity index (χ4v) is 7.82. The van der Waals surface area contributed by atoms with Gasteiger partial charge in [-0.15, -0.1) is 0 Å². The van der Waals surface area contributed by atoms with Gasteiger partial charge in [-0.25, -0.2) is 17.2 Å². The molecule has 0 atom stereocenters. The van der Waals surface area contributed by atoms with E-state index >= 15 is 0 Å². The molecule has 0 fully saturated rings. The van der Waals surface area contributed by atoms with Crippen LogP contribution < -0.4 is 9.47 Å². The van der Waals surface area contributed by atoms with Crippen LogP contribution in [0.2, 0.25) is 0 Å². The molecule has 0 amide bonds. The molecule has 9 heteroatoms. The van der Waals surface area contributed by atoms with Crippen molar-refractivity contribution in [3.05, 3.63) is 108 Å². The summed E-state index contributed by atoms with van der Waals surface area (Å²) >= 11 is 0. The van der Waals surface area contributed by atoms with Gasteiger partial charge in [-0.05, 0) is 80.1 Å². The fraction of sp³-hybridized carbons (Fsp3) is 0.139. The van der Waals surface area contributed by atoms with E-state index in [0.29, 0.717) is 21.8 Å². The molecule has 0 saturated carbocycles. The normalized spacial score (nSPS) is 11.9. The first-order valence-electron chi connectivity index (χ1n) is 14.3. The molecule has 5 aromatic carbocycles. The molecule has 2 aromatic heterocycles. The Morgan fingerprint density at radius 1 is 0.644 bits per heavy atom. The Morgan fingerprint density at radius 2 is 1.33 bits per heavy atom. The van der Waals surface area contributed by atoms with E-state index < -0.39 is 16.0 Å². The maximum atomic E-state index is 14.3. The smallest absolute Gasteiger partial charge is 0.338 e.